The molecule has 0 radical (unpaired) electrons. The summed E-state index contributed by atoms with van der Waals surface area (Å²) in [5.41, 5.74) is 5.53. The molecule has 0 aliphatic rings. The number of nitrogen functional groups attached to an aromatic ring is 1. The Labute approximate surface area is 74.3 Å². The molecule has 0 spiro atoms. The third kappa shape index (κ3) is 1.26. The first-order valence-electron chi connectivity index (χ1n) is 3.86. The Bertz CT molecular complexity index is 379. The van der Waals surface area contributed by atoms with Crippen molar-refractivity contribution >= 4 is 5.95 Å². The molecule has 2 aromatic heterocycles. The van der Waals surface area contributed by atoms with E-state index in [0.717, 1.165) is 5.76 Å². The summed E-state index contributed by atoms with van der Waals surface area (Å²) < 4.78 is 6.70. The lowest BCUT2D eigenvalue weighted by Gasteiger charge is -2.07. The van der Waals surface area contributed by atoms with Gasteiger partial charge in [-0.25, -0.2) is 4.68 Å². The van der Waals surface area contributed by atoms with Crippen LogP contribution in [0.2, 0.25) is 0 Å². The third-order valence-corrected chi connectivity index (χ3v) is 1.84. The maximum absolute atomic E-state index is 5.53. The Kier molecular flexibility index (Phi) is 1.73. The van der Waals surface area contributed by atoms with Crippen molar-refractivity contribution in [2.24, 2.45) is 0 Å². The molecule has 0 bridgehead atoms. The average molecular weight is 179 g/mol. The summed E-state index contributed by atoms with van der Waals surface area (Å²) in [4.78, 5) is 0. The average Bonchev–Trinajstić information content (AvgIpc) is 2.72. The quantitative estimate of drug-likeness (QED) is 0.724. The van der Waals surface area contributed by atoms with Crippen LogP contribution in [0.5, 0.6) is 0 Å². The molecule has 1 atom stereocenters. The van der Waals surface area contributed by atoms with Gasteiger partial charge in [0.05, 0.1) is 6.26 Å². The molecule has 1 unspecified atom stereocenters. The first-order valence-corrected chi connectivity index (χ1v) is 3.86. The monoisotopic (exact) mass is 179 g/mol. The molecule has 68 valence electrons. The van der Waals surface area contributed by atoms with Crippen molar-refractivity contribution in [2.45, 2.75) is 13.0 Å². The van der Waals surface area contributed by atoms with Gasteiger partial charge in [0.2, 0.25) is 5.95 Å². The molecule has 6 nitrogen and oxygen atoms in total. The second-order valence-corrected chi connectivity index (χ2v) is 2.67. The lowest BCUT2D eigenvalue weighted by atomic mass is 10.3. The van der Waals surface area contributed by atoms with E-state index in [1.54, 1.807) is 6.26 Å². The minimum Gasteiger partial charge on any atom is -0.467 e. The van der Waals surface area contributed by atoms with Gasteiger partial charge in [-0.3, -0.25) is 0 Å². The second-order valence-electron chi connectivity index (χ2n) is 2.67. The normalized spacial score (nSPS) is 13.0. The predicted octanol–water partition coefficient (Wildman–Crippen LogP) is 0.458. The van der Waals surface area contributed by atoms with Crippen LogP contribution in [0.15, 0.2) is 22.8 Å². The predicted molar refractivity (Wildman–Crippen MR) is 44.8 cm³/mol. The molecular weight excluding hydrogens is 170 g/mol. The van der Waals surface area contributed by atoms with Crippen molar-refractivity contribution in [1.29, 1.82) is 0 Å². The smallest absolute Gasteiger partial charge is 0.240 e. The van der Waals surface area contributed by atoms with Crippen molar-refractivity contribution in [3.8, 4) is 0 Å². The maximum atomic E-state index is 5.53. The SMILES string of the molecule is CC(c1ccco1)n1nnnc1N. The fraction of sp³-hybridized carbons (Fsp3) is 0.286. The van der Waals surface area contributed by atoms with Crippen molar-refractivity contribution in [3.63, 3.8) is 0 Å². The third-order valence-electron chi connectivity index (χ3n) is 1.84. The molecule has 0 aliphatic heterocycles. The van der Waals surface area contributed by atoms with E-state index in [0.29, 0.717) is 0 Å². The number of hydrogen-bond donors (Lipinski definition) is 1. The number of furan rings is 1. The van der Waals surface area contributed by atoms with Gasteiger partial charge < -0.3 is 10.2 Å². The summed E-state index contributed by atoms with van der Waals surface area (Å²) >= 11 is 0. The van der Waals surface area contributed by atoms with Crippen LogP contribution in [0.1, 0.15) is 18.7 Å². The molecule has 2 rings (SSSR count). The Morgan fingerprint density at radius 1 is 1.62 bits per heavy atom. The molecular formula is C7H9N5O. The van der Waals surface area contributed by atoms with Crippen LogP contribution in [0, 0.1) is 0 Å². The van der Waals surface area contributed by atoms with Gasteiger partial charge in [0, 0.05) is 0 Å². The Morgan fingerprint density at radius 3 is 3.00 bits per heavy atom. The van der Waals surface area contributed by atoms with E-state index in [9.17, 15) is 0 Å². The van der Waals surface area contributed by atoms with Crippen molar-refractivity contribution in [2.75, 3.05) is 5.73 Å². The zero-order chi connectivity index (χ0) is 9.26. The molecule has 0 fully saturated rings. The van der Waals surface area contributed by atoms with Gasteiger partial charge in [0.1, 0.15) is 11.8 Å². The van der Waals surface area contributed by atoms with Crippen LogP contribution in [0.3, 0.4) is 0 Å². The molecule has 13 heavy (non-hydrogen) atoms. The zero-order valence-electron chi connectivity index (χ0n) is 7.08. The molecule has 0 saturated carbocycles. The highest BCUT2D eigenvalue weighted by molar-refractivity contribution is 5.15. The Morgan fingerprint density at radius 2 is 2.46 bits per heavy atom. The van der Waals surface area contributed by atoms with Gasteiger partial charge in [-0.15, -0.1) is 0 Å². The van der Waals surface area contributed by atoms with Crippen LogP contribution >= 0.6 is 0 Å². The number of nitrogens with zero attached hydrogens (tertiary/aromatic N) is 4. The van der Waals surface area contributed by atoms with E-state index in [4.69, 9.17) is 10.2 Å². The van der Waals surface area contributed by atoms with E-state index in [2.05, 4.69) is 15.5 Å². The molecule has 0 saturated heterocycles. The van der Waals surface area contributed by atoms with Crippen molar-refractivity contribution < 1.29 is 4.42 Å². The molecule has 2 heterocycles. The van der Waals surface area contributed by atoms with Gasteiger partial charge >= 0.3 is 0 Å². The molecule has 6 heteroatoms. The number of anilines is 1. The summed E-state index contributed by atoms with van der Waals surface area (Å²) in [6.07, 6.45) is 1.60. The number of rotatable bonds is 2. The topological polar surface area (TPSA) is 82.8 Å². The standard InChI is InChI=1S/C7H9N5O/c1-5(6-3-2-4-13-6)12-7(8)9-10-11-12/h2-5H,1H3,(H2,8,9,11). The van der Waals surface area contributed by atoms with Gasteiger partial charge in [-0.1, -0.05) is 5.10 Å². The first-order chi connectivity index (χ1) is 6.29. The zero-order valence-corrected chi connectivity index (χ0v) is 7.08. The maximum Gasteiger partial charge on any atom is 0.240 e. The lowest BCUT2D eigenvalue weighted by molar-refractivity contribution is 0.422. The minimum absolute atomic E-state index is 0.0787. The second kappa shape index (κ2) is 2.89. The van der Waals surface area contributed by atoms with Crippen LogP contribution in [0.25, 0.3) is 0 Å². The Balaban J connectivity index is 2.33. The number of hydrogen-bond acceptors (Lipinski definition) is 5. The van der Waals surface area contributed by atoms with E-state index in [1.807, 2.05) is 19.1 Å². The fourth-order valence-corrected chi connectivity index (χ4v) is 1.13. The lowest BCUT2D eigenvalue weighted by Crippen LogP contribution is -2.11. The van der Waals surface area contributed by atoms with Gasteiger partial charge in [0.15, 0.2) is 0 Å². The molecule has 2 aromatic rings. The van der Waals surface area contributed by atoms with Crippen LogP contribution in [-0.2, 0) is 0 Å². The van der Waals surface area contributed by atoms with Crippen molar-refractivity contribution in [1.82, 2.24) is 20.2 Å². The highest BCUT2D eigenvalue weighted by atomic mass is 16.3. The van der Waals surface area contributed by atoms with Crippen LogP contribution in [-0.4, -0.2) is 20.2 Å². The first kappa shape index (κ1) is 7.78. The highest BCUT2D eigenvalue weighted by Gasteiger charge is 2.14. The summed E-state index contributed by atoms with van der Waals surface area (Å²) in [5, 5.41) is 10.8. The van der Waals surface area contributed by atoms with E-state index in [1.165, 1.54) is 4.68 Å². The fourth-order valence-electron chi connectivity index (χ4n) is 1.13. The minimum atomic E-state index is -0.0787. The number of aromatic nitrogens is 4. The highest BCUT2D eigenvalue weighted by Crippen LogP contribution is 2.18. The van der Waals surface area contributed by atoms with Gasteiger partial charge in [-0.05, 0) is 29.5 Å². The molecule has 0 aromatic carbocycles. The van der Waals surface area contributed by atoms with Crippen molar-refractivity contribution in [3.05, 3.63) is 24.2 Å². The van der Waals surface area contributed by atoms with Gasteiger partial charge in [-0.2, -0.15) is 0 Å². The summed E-state index contributed by atoms with van der Waals surface area (Å²) in [7, 11) is 0. The molecule has 0 amide bonds. The van der Waals surface area contributed by atoms with E-state index < -0.39 is 0 Å². The largest absolute Gasteiger partial charge is 0.467 e. The number of tetrazole rings is 1. The Hall–Kier alpha value is -1.85. The van der Waals surface area contributed by atoms with Gasteiger partial charge in [0.25, 0.3) is 0 Å². The molecule has 2 N–H and O–H groups in total. The summed E-state index contributed by atoms with van der Waals surface area (Å²) in [6.45, 7) is 1.91. The van der Waals surface area contributed by atoms with Crippen LogP contribution in [0.4, 0.5) is 5.95 Å². The summed E-state index contributed by atoms with van der Waals surface area (Å²) in [6, 6.07) is 3.59. The van der Waals surface area contributed by atoms with Crippen LogP contribution < -0.4 is 5.73 Å². The van der Waals surface area contributed by atoms with E-state index >= 15 is 0 Å². The summed E-state index contributed by atoms with van der Waals surface area (Å²) in [5.74, 6) is 1.06. The van der Waals surface area contributed by atoms with E-state index in [-0.39, 0.29) is 12.0 Å². The molecule has 0 aliphatic carbocycles. The number of nitrogens with two attached hydrogens (primary N) is 1.